The number of methoxy groups -OCH3 is 1. The van der Waals surface area contributed by atoms with Crippen LogP contribution in [0.4, 0.5) is 0 Å². The fourth-order valence-electron chi connectivity index (χ4n) is 5.29. The van der Waals surface area contributed by atoms with Crippen molar-refractivity contribution in [2.24, 2.45) is 0 Å². The Morgan fingerprint density at radius 1 is 1.13 bits per heavy atom. The molecule has 1 spiro atoms. The highest BCUT2D eigenvalue weighted by atomic mass is 16.5. The quantitative estimate of drug-likeness (QED) is 0.826. The van der Waals surface area contributed by atoms with Crippen molar-refractivity contribution in [2.75, 3.05) is 26.8 Å². The van der Waals surface area contributed by atoms with Crippen LogP contribution in [0.3, 0.4) is 0 Å². The van der Waals surface area contributed by atoms with Gasteiger partial charge in [0, 0.05) is 37.9 Å². The Bertz CT molecular complexity index is 950. The molecule has 6 heteroatoms. The van der Waals surface area contributed by atoms with E-state index >= 15 is 0 Å². The minimum atomic E-state index is -0.421. The summed E-state index contributed by atoms with van der Waals surface area (Å²) in [5.41, 5.74) is 2.72. The number of rotatable bonds is 5. The fourth-order valence-corrected chi connectivity index (χ4v) is 5.29. The topological polar surface area (TPSA) is 70.1 Å². The third kappa shape index (κ3) is 2.98. The molecule has 2 fully saturated rings. The van der Waals surface area contributed by atoms with Crippen molar-refractivity contribution in [1.29, 1.82) is 0 Å². The minimum Gasteiger partial charge on any atom is -0.496 e. The number of carbonyl (C=O) groups excluding carboxylic acids is 2. The van der Waals surface area contributed by atoms with Gasteiger partial charge in [0.05, 0.1) is 25.3 Å². The van der Waals surface area contributed by atoms with Crippen LogP contribution in [-0.4, -0.2) is 65.1 Å². The van der Waals surface area contributed by atoms with Crippen LogP contribution in [0, 0.1) is 0 Å². The second kappa shape index (κ2) is 7.76. The van der Waals surface area contributed by atoms with E-state index in [0.29, 0.717) is 19.5 Å². The number of hydrogen-bond acceptors (Lipinski definition) is 4. The highest BCUT2D eigenvalue weighted by Crippen LogP contribution is 2.54. The van der Waals surface area contributed by atoms with Gasteiger partial charge in [0.15, 0.2) is 0 Å². The number of hydrogen-bond donors (Lipinski definition) is 1. The lowest BCUT2D eigenvalue weighted by molar-refractivity contribution is -0.201. The van der Waals surface area contributed by atoms with Crippen LogP contribution in [0.2, 0.25) is 0 Å². The average Bonchev–Trinajstić information content (AvgIpc) is 2.72. The molecule has 0 saturated carbocycles. The molecule has 30 heavy (non-hydrogen) atoms. The van der Waals surface area contributed by atoms with Crippen LogP contribution < -0.4 is 4.74 Å². The zero-order valence-electron chi connectivity index (χ0n) is 17.7. The number of amides is 2. The SMILES string of the molecule is CCC(=O)N1CC2(C1)[C@H](c1ccc(-c3ccccc3OC)cc1)[C@@H](CO)N2C(C)=O. The summed E-state index contributed by atoms with van der Waals surface area (Å²) in [6.07, 6.45) is 0.456. The Morgan fingerprint density at radius 2 is 1.80 bits per heavy atom. The molecule has 4 rings (SSSR count). The van der Waals surface area contributed by atoms with E-state index in [4.69, 9.17) is 4.74 Å². The van der Waals surface area contributed by atoms with Crippen molar-refractivity contribution >= 4 is 11.8 Å². The Labute approximate surface area is 177 Å². The Morgan fingerprint density at radius 3 is 2.37 bits per heavy atom. The molecule has 2 aromatic carbocycles. The molecule has 6 nitrogen and oxygen atoms in total. The summed E-state index contributed by atoms with van der Waals surface area (Å²) in [7, 11) is 1.66. The maximum absolute atomic E-state index is 12.3. The fraction of sp³-hybridized carbons (Fsp3) is 0.417. The molecule has 2 atom stereocenters. The number of aliphatic hydroxyl groups is 1. The van der Waals surface area contributed by atoms with Gasteiger partial charge in [-0.2, -0.15) is 0 Å². The standard InChI is InChI=1S/C24H28N2O4/c1-4-22(29)25-14-24(15-25)23(20(13-27)26(24)16(2)28)18-11-9-17(10-12-18)19-7-5-6-8-21(19)30-3/h5-12,20,23,27H,4,13-15H2,1-3H3/t20-,23-/m1/s1. The lowest BCUT2D eigenvalue weighted by Crippen LogP contribution is -2.85. The molecule has 0 aromatic heterocycles. The van der Waals surface area contributed by atoms with E-state index in [0.717, 1.165) is 22.4 Å². The Balaban J connectivity index is 1.64. The largest absolute Gasteiger partial charge is 0.496 e. The van der Waals surface area contributed by atoms with Gasteiger partial charge < -0.3 is 19.6 Å². The van der Waals surface area contributed by atoms with Gasteiger partial charge in [-0.3, -0.25) is 9.59 Å². The smallest absolute Gasteiger partial charge is 0.222 e. The third-order valence-corrected chi connectivity index (χ3v) is 6.57. The normalized spacial score (nSPS) is 21.7. The molecule has 0 unspecified atom stereocenters. The first-order valence-corrected chi connectivity index (χ1v) is 10.4. The summed E-state index contributed by atoms with van der Waals surface area (Å²) < 4.78 is 5.47. The number of aliphatic hydroxyl groups excluding tert-OH is 1. The molecule has 1 N–H and O–H groups in total. The lowest BCUT2D eigenvalue weighted by Gasteiger charge is -2.70. The van der Waals surface area contributed by atoms with Gasteiger partial charge in [-0.1, -0.05) is 49.4 Å². The molecule has 2 amide bonds. The van der Waals surface area contributed by atoms with E-state index < -0.39 is 5.54 Å². The zero-order valence-corrected chi connectivity index (χ0v) is 17.7. The Hall–Kier alpha value is -2.86. The molecule has 2 saturated heterocycles. The van der Waals surface area contributed by atoms with Crippen molar-refractivity contribution in [2.45, 2.75) is 37.8 Å². The van der Waals surface area contributed by atoms with Gasteiger partial charge in [-0.25, -0.2) is 0 Å². The molecule has 0 bridgehead atoms. The number of benzene rings is 2. The van der Waals surface area contributed by atoms with Gasteiger partial charge in [0.2, 0.25) is 11.8 Å². The first-order chi connectivity index (χ1) is 14.5. The lowest BCUT2D eigenvalue weighted by atomic mass is 9.60. The molecule has 0 radical (unpaired) electrons. The third-order valence-electron chi connectivity index (χ3n) is 6.57. The van der Waals surface area contributed by atoms with E-state index in [2.05, 4.69) is 24.3 Å². The molecule has 2 heterocycles. The Kier molecular flexibility index (Phi) is 5.28. The van der Waals surface area contributed by atoms with Crippen molar-refractivity contribution in [3.8, 4) is 16.9 Å². The van der Waals surface area contributed by atoms with Gasteiger partial charge in [0.25, 0.3) is 0 Å². The maximum atomic E-state index is 12.3. The summed E-state index contributed by atoms with van der Waals surface area (Å²) in [6.45, 7) is 4.34. The molecule has 0 aliphatic carbocycles. The van der Waals surface area contributed by atoms with E-state index in [9.17, 15) is 14.7 Å². The maximum Gasteiger partial charge on any atom is 0.222 e. The highest BCUT2D eigenvalue weighted by molar-refractivity contribution is 5.81. The van der Waals surface area contributed by atoms with Crippen LogP contribution >= 0.6 is 0 Å². The summed E-state index contributed by atoms with van der Waals surface area (Å²) >= 11 is 0. The first kappa shape index (κ1) is 20.4. The van der Waals surface area contributed by atoms with Crippen LogP contribution in [-0.2, 0) is 9.59 Å². The molecular formula is C24H28N2O4. The van der Waals surface area contributed by atoms with E-state index in [1.807, 2.05) is 31.2 Å². The summed E-state index contributed by atoms with van der Waals surface area (Å²) in [5, 5.41) is 10.0. The summed E-state index contributed by atoms with van der Waals surface area (Å²) in [4.78, 5) is 28.0. The van der Waals surface area contributed by atoms with Crippen LogP contribution in [0.15, 0.2) is 48.5 Å². The number of ether oxygens (including phenoxy) is 1. The van der Waals surface area contributed by atoms with Crippen LogP contribution in [0.1, 0.15) is 31.7 Å². The van der Waals surface area contributed by atoms with Crippen molar-refractivity contribution < 1.29 is 19.4 Å². The van der Waals surface area contributed by atoms with Gasteiger partial charge >= 0.3 is 0 Å². The first-order valence-electron chi connectivity index (χ1n) is 10.4. The predicted molar refractivity (Wildman–Crippen MR) is 114 cm³/mol. The van der Waals surface area contributed by atoms with Crippen molar-refractivity contribution in [3.05, 3.63) is 54.1 Å². The average molecular weight is 408 g/mol. The summed E-state index contributed by atoms with van der Waals surface area (Å²) in [5.74, 6) is 0.856. The molecular weight excluding hydrogens is 380 g/mol. The molecule has 2 aromatic rings. The molecule has 2 aliphatic rings. The zero-order chi connectivity index (χ0) is 21.5. The van der Waals surface area contributed by atoms with Crippen LogP contribution in [0.5, 0.6) is 5.75 Å². The monoisotopic (exact) mass is 408 g/mol. The van der Waals surface area contributed by atoms with E-state index in [1.54, 1.807) is 16.9 Å². The van der Waals surface area contributed by atoms with Crippen LogP contribution in [0.25, 0.3) is 11.1 Å². The number of para-hydroxylation sites is 1. The summed E-state index contributed by atoms with van der Waals surface area (Å²) in [6, 6.07) is 15.9. The van der Waals surface area contributed by atoms with Gasteiger partial charge in [-0.05, 0) is 17.2 Å². The van der Waals surface area contributed by atoms with Crippen molar-refractivity contribution in [1.82, 2.24) is 9.80 Å². The minimum absolute atomic E-state index is 0.000903. The second-order valence-electron chi connectivity index (χ2n) is 8.15. The number of likely N-dealkylation sites (tertiary alicyclic amines) is 2. The van der Waals surface area contributed by atoms with Gasteiger partial charge in [0.1, 0.15) is 5.75 Å². The highest BCUT2D eigenvalue weighted by Gasteiger charge is 2.67. The molecule has 158 valence electrons. The number of nitrogens with zero attached hydrogens (tertiary/aromatic N) is 2. The van der Waals surface area contributed by atoms with Crippen molar-refractivity contribution in [3.63, 3.8) is 0 Å². The van der Waals surface area contributed by atoms with E-state index in [1.165, 1.54) is 6.92 Å². The van der Waals surface area contributed by atoms with E-state index in [-0.39, 0.29) is 30.4 Å². The second-order valence-corrected chi connectivity index (χ2v) is 8.15. The predicted octanol–water partition coefficient (Wildman–Crippen LogP) is 2.66. The van der Waals surface area contributed by atoms with Gasteiger partial charge in [-0.15, -0.1) is 0 Å². The molecule has 2 aliphatic heterocycles. The number of carbonyl (C=O) groups is 2.